The SMILES string of the molecule is CNC(COCCOC)c1cc(C)cc(F)c1. The molecule has 0 amide bonds. The van der Waals surface area contributed by atoms with Crippen molar-refractivity contribution in [3.63, 3.8) is 0 Å². The van der Waals surface area contributed by atoms with Crippen LogP contribution in [0.15, 0.2) is 18.2 Å². The van der Waals surface area contributed by atoms with E-state index in [4.69, 9.17) is 9.47 Å². The van der Waals surface area contributed by atoms with Crippen molar-refractivity contribution < 1.29 is 13.9 Å². The number of nitrogens with one attached hydrogen (secondary N) is 1. The molecule has 1 unspecified atom stereocenters. The number of rotatable bonds is 7. The summed E-state index contributed by atoms with van der Waals surface area (Å²) in [6, 6.07) is 5.01. The fourth-order valence-corrected chi connectivity index (χ4v) is 1.66. The Bertz CT molecular complexity index is 324. The molecule has 17 heavy (non-hydrogen) atoms. The van der Waals surface area contributed by atoms with Gasteiger partial charge < -0.3 is 14.8 Å². The molecule has 0 fully saturated rings. The monoisotopic (exact) mass is 241 g/mol. The van der Waals surface area contributed by atoms with Crippen LogP contribution in [0, 0.1) is 12.7 Å². The maximum Gasteiger partial charge on any atom is 0.123 e. The van der Waals surface area contributed by atoms with Crippen molar-refractivity contribution in [2.24, 2.45) is 0 Å². The number of ether oxygens (including phenoxy) is 2. The molecule has 0 aliphatic carbocycles. The van der Waals surface area contributed by atoms with E-state index in [0.717, 1.165) is 11.1 Å². The van der Waals surface area contributed by atoms with E-state index in [2.05, 4.69) is 5.32 Å². The van der Waals surface area contributed by atoms with E-state index in [1.165, 1.54) is 12.1 Å². The van der Waals surface area contributed by atoms with Gasteiger partial charge in [0.2, 0.25) is 0 Å². The fraction of sp³-hybridized carbons (Fsp3) is 0.538. The third kappa shape index (κ3) is 4.81. The second-order valence-corrected chi connectivity index (χ2v) is 3.97. The third-order valence-electron chi connectivity index (χ3n) is 2.53. The van der Waals surface area contributed by atoms with Crippen LogP contribution in [0.3, 0.4) is 0 Å². The Balaban J connectivity index is 2.59. The summed E-state index contributed by atoms with van der Waals surface area (Å²) < 4.78 is 23.6. The van der Waals surface area contributed by atoms with E-state index in [1.807, 2.05) is 20.0 Å². The van der Waals surface area contributed by atoms with Crippen LogP contribution < -0.4 is 5.32 Å². The Kier molecular flexibility index (Phi) is 6.11. The topological polar surface area (TPSA) is 30.5 Å². The van der Waals surface area contributed by atoms with Crippen LogP contribution in [0.1, 0.15) is 17.2 Å². The third-order valence-corrected chi connectivity index (χ3v) is 2.53. The Morgan fingerprint density at radius 3 is 2.65 bits per heavy atom. The highest BCUT2D eigenvalue weighted by molar-refractivity contribution is 5.26. The molecule has 0 saturated heterocycles. The molecule has 96 valence electrons. The van der Waals surface area contributed by atoms with Crippen molar-refractivity contribution in [3.05, 3.63) is 35.1 Å². The highest BCUT2D eigenvalue weighted by Gasteiger charge is 2.10. The van der Waals surface area contributed by atoms with E-state index in [0.29, 0.717) is 19.8 Å². The van der Waals surface area contributed by atoms with Crippen molar-refractivity contribution in [1.82, 2.24) is 5.32 Å². The van der Waals surface area contributed by atoms with Crippen LogP contribution in [0.2, 0.25) is 0 Å². The summed E-state index contributed by atoms with van der Waals surface area (Å²) in [7, 11) is 3.47. The minimum Gasteiger partial charge on any atom is -0.382 e. The number of hydrogen-bond acceptors (Lipinski definition) is 3. The van der Waals surface area contributed by atoms with Gasteiger partial charge in [0.05, 0.1) is 25.9 Å². The van der Waals surface area contributed by atoms with Gasteiger partial charge in [-0.2, -0.15) is 0 Å². The quantitative estimate of drug-likeness (QED) is 0.741. The highest BCUT2D eigenvalue weighted by Crippen LogP contribution is 2.16. The van der Waals surface area contributed by atoms with Gasteiger partial charge in [-0.25, -0.2) is 4.39 Å². The molecular weight excluding hydrogens is 221 g/mol. The van der Waals surface area contributed by atoms with E-state index in [9.17, 15) is 4.39 Å². The number of hydrogen-bond donors (Lipinski definition) is 1. The predicted molar refractivity (Wildman–Crippen MR) is 65.6 cm³/mol. The lowest BCUT2D eigenvalue weighted by Gasteiger charge is -2.17. The number of likely N-dealkylation sites (N-methyl/N-ethyl adjacent to an activating group) is 1. The van der Waals surface area contributed by atoms with Crippen molar-refractivity contribution in [2.75, 3.05) is 34.0 Å². The first kappa shape index (κ1) is 14.1. The zero-order valence-electron chi connectivity index (χ0n) is 10.6. The van der Waals surface area contributed by atoms with E-state index >= 15 is 0 Å². The zero-order chi connectivity index (χ0) is 12.7. The van der Waals surface area contributed by atoms with Crippen LogP contribution in [0.5, 0.6) is 0 Å². The van der Waals surface area contributed by atoms with Crippen LogP contribution in [0.25, 0.3) is 0 Å². The Hall–Kier alpha value is -0.970. The maximum absolute atomic E-state index is 13.3. The average molecular weight is 241 g/mol. The Morgan fingerprint density at radius 1 is 1.29 bits per heavy atom. The smallest absolute Gasteiger partial charge is 0.123 e. The largest absolute Gasteiger partial charge is 0.382 e. The van der Waals surface area contributed by atoms with Crippen molar-refractivity contribution >= 4 is 0 Å². The molecule has 4 heteroatoms. The van der Waals surface area contributed by atoms with Crippen LogP contribution >= 0.6 is 0 Å². The number of benzene rings is 1. The Labute approximate surface area is 102 Å². The molecule has 0 spiro atoms. The fourth-order valence-electron chi connectivity index (χ4n) is 1.66. The van der Waals surface area contributed by atoms with E-state index in [1.54, 1.807) is 7.11 Å². The molecule has 3 nitrogen and oxygen atoms in total. The van der Waals surface area contributed by atoms with Gasteiger partial charge in [-0.3, -0.25) is 0 Å². The van der Waals surface area contributed by atoms with Crippen LogP contribution in [-0.4, -0.2) is 34.0 Å². The lowest BCUT2D eigenvalue weighted by atomic mass is 10.0. The molecule has 0 heterocycles. The zero-order valence-corrected chi connectivity index (χ0v) is 10.6. The maximum atomic E-state index is 13.3. The normalized spacial score (nSPS) is 12.7. The summed E-state index contributed by atoms with van der Waals surface area (Å²) in [6.45, 7) is 3.50. The molecule has 1 rings (SSSR count). The molecule has 1 aromatic rings. The average Bonchev–Trinajstić information content (AvgIpc) is 2.28. The summed E-state index contributed by atoms with van der Waals surface area (Å²) in [5, 5.41) is 3.12. The summed E-state index contributed by atoms with van der Waals surface area (Å²) in [5.41, 5.74) is 1.82. The van der Waals surface area contributed by atoms with Gasteiger partial charge in [0.25, 0.3) is 0 Å². The second-order valence-electron chi connectivity index (χ2n) is 3.97. The number of methoxy groups -OCH3 is 1. The van der Waals surface area contributed by atoms with Crippen molar-refractivity contribution in [1.29, 1.82) is 0 Å². The second kappa shape index (κ2) is 7.37. The molecule has 0 aromatic heterocycles. The Morgan fingerprint density at radius 2 is 2.06 bits per heavy atom. The van der Waals surface area contributed by atoms with E-state index in [-0.39, 0.29) is 11.9 Å². The molecule has 0 aliphatic heterocycles. The molecular formula is C13H20FNO2. The standard InChI is InChI=1S/C13H20FNO2/c1-10-6-11(8-12(14)7-10)13(15-2)9-17-5-4-16-3/h6-8,13,15H,4-5,9H2,1-3H3. The lowest BCUT2D eigenvalue weighted by molar-refractivity contribution is 0.0596. The van der Waals surface area contributed by atoms with Crippen LogP contribution in [-0.2, 0) is 9.47 Å². The van der Waals surface area contributed by atoms with Crippen molar-refractivity contribution in [3.8, 4) is 0 Å². The van der Waals surface area contributed by atoms with Crippen molar-refractivity contribution in [2.45, 2.75) is 13.0 Å². The summed E-state index contributed by atoms with van der Waals surface area (Å²) in [6.07, 6.45) is 0. The molecule has 0 radical (unpaired) electrons. The molecule has 0 bridgehead atoms. The van der Waals surface area contributed by atoms with Gasteiger partial charge in [0.15, 0.2) is 0 Å². The lowest BCUT2D eigenvalue weighted by Crippen LogP contribution is -2.23. The molecule has 0 saturated carbocycles. The first-order valence-electron chi connectivity index (χ1n) is 5.68. The molecule has 0 aliphatic rings. The van der Waals surface area contributed by atoms with Gasteiger partial charge in [-0.05, 0) is 37.2 Å². The molecule has 1 atom stereocenters. The summed E-state index contributed by atoms with van der Waals surface area (Å²) in [5.74, 6) is -0.211. The van der Waals surface area contributed by atoms with E-state index < -0.39 is 0 Å². The number of halogens is 1. The van der Waals surface area contributed by atoms with Gasteiger partial charge in [0.1, 0.15) is 5.82 Å². The molecule has 1 aromatic carbocycles. The first-order chi connectivity index (χ1) is 8.17. The minimum atomic E-state index is -0.211. The predicted octanol–water partition coefficient (Wildman–Crippen LogP) is 2.06. The number of aryl methyl sites for hydroxylation is 1. The van der Waals surface area contributed by atoms with Gasteiger partial charge >= 0.3 is 0 Å². The van der Waals surface area contributed by atoms with Crippen LogP contribution in [0.4, 0.5) is 4.39 Å². The minimum absolute atomic E-state index is 0.00116. The first-order valence-corrected chi connectivity index (χ1v) is 5.68. The van der Waals surface area contributed by atoms with Gasteiger partial charge in [0, 0.05) is 7.11 Å². The summed E-state index contributed by atoms with van der Waals surface area (Å²) >= 11 is 0. The molecule has 1 N–H and O–H groups in total. The van der Waals surface area contributed by atoms with Gasteiger partial charge in [-0.1, -0.05) is 6.07 Å². The van der Waals surface area contributed by atoms with Gasteiger partial charge in [-0.15, -0.1) is 0 Å². The summed E-state index contributed by atoms with van der Waals surface area (Å²) in [4.78, 5) is 0. The highest BCUT2D eigenvalue weighted by atomic mass is 19.1.